The zero-order chi connectivity index (χ0) is 28.8. The highest BCUT2D eigenvalue weighted by Gasteiger charge is 2.23. The maximum Gasteiger partial charge on any atom is 0.250 e. The van der Waals surface area contributed by atoms with E-state index in [1.807, 2.05) is 61.6 Å². The highest BCUT2D eigenvalue weighted by atomic mass is 35.5. The van der Waals surface area contributed by atoms with Crippen LogP contribution in [0.1, 0.15) is 31.4 Å². The number of benzene rings is 1. The number of hydrogen-bond donors (Lipinski definition) is 3. The minimum atomic E-state index is -0.0708. The van der Waals surface area contributed by atoms with E-state index in [9.17, 15) is 4.79 Å². The number of aromatic nitrogens is 4. The lowest BCUT2D eigenvalue weighted by molar-refractivity contribution is -0.113. The van der Waals surface area contributed by atoms with Gasteiger partial charge in [0.1, 0.15) is 0 Å². The van der Waals surface area contributed by atoms with Gasteiger partial charge in [-0.3, -0.25) is 9.78 Å². The number of rotatable bonds is 10. The summed E-state index contributed by atoms with van der Waals surface area (Å²) >= 11 is 6.52. The maximum absolute atomic E-state index is 12.4. The number of likely N-dealkylation sites (N-methyl/N-ethyl adjacent to an activating group) is 2. The monoisotopic (exact) mass is 572 g/mol. The van der Waals surface area contributed by atoms with Crippen LogP contribution in [0.5, 0.6) is 0 Å². The molecular formula is C31H37ClN8O. The van der Waals surface area contributed by atoms with Crippen LogP contribution < -0.4 is 15.5 Å². The zero-order valence-electron chi connectivity index (χ0n) is 23.8. The van der Waals surface area contributed by atoms with Crippen molar-refractivity contribution in [3.05, 3.63) is 77.9 Å². The minimum absolute atomic E-state index is 0.0708. The molecule has 41 heavy (non-hydrogen) atoms. The van der Waals surface area contributed by atoms with E-state index in [0.29, 0.717) is 23.6 Å². The molecule has 5 rings (SSSR count). The minimum Gasteiger partial charge on any atom is -0.360 e. The second kappa shape index (κ2) is 13.2. The highest BCUT2D eigenvalue weighted by molar-refractivity contribution is 6.33. The molecule has 3 N–H and O–H groups in total. The Bertz CT molecular complexity index is 1500. The van der Waals surface area contributed by atoms with E-state index in [4.69, 9.17) is 16.6 Å². The average molecular weight is 573 g/mol. The van der Waals surface area contributed by atoms with E-state index in [1.54, 1.807) is 30.4 Å². The predicted molar refractivity (Wildman–Crippen MR) is 166 cm³/mol. The van der Waals surface area contributed by atoms with Crippen molar-refractivity contribution in [3.8, 4) is 11.3 Å². The number of carbonyl (C=O) groups is 1. The topological polar surface area (TPSA) is 102 Å². The number of para-hydroxylation sites is 1. The number of H-pyrrole nitrogens is 1. The van der Waals surface area contributed by atoms with Crippen molar-refractivity contribution in [2.24, 2.45) is 0 Å². The van der Waals surface area contributed by atoms with Gasteiger partial charge in [0, 0.05) is 61.0 Å². The van der Waals surface area contributed by atoms with E-state index >= 15 is 0 Å². The first-order valence-corrected chi connectivity index (χ1v) is 14.4. The molecule has 1 amide bonds. The lowest BCUT2D eigenvalue weighted by Gasteiger charge is -2.30. The molecule has 0 bridgehead atoms. The van der Waals surface area contributed by atoms with Crippen molar-refractivity contribution in [3.63, 3.8) is 0 Å². The summed E-state index contributed by atoms with van der Waals surface area (Å²) in [6, 6.07) is 12.6. The van der Waals surface area contributed by atoms with Gasteiger partial charge in [-0.25, -0.2) is 9.97 Å². The summed E-state index contributed by atoms with van der Waals surface area (Å²) in [5.74, 6) is 0.520. The summed E-state index contributed by atoms with van der Waals surface area (Å²) in [6.07, 6.45) is 13.1. The van der Waals surface area contributed by atoms with Crippen molar-refractivity contribution < 1.29 is 4.79 Å². The molecule has 0 unspecified atom stereocenters. The van der Waals surface area contributed by atoms with Gasteiger partial charge in [0.2, 0.25) is 11.9 Å². The quantitative estimate of drug-likeness (QED) is 0.223. The summed E-state index contributed by atoms with van der Waals surface area (Å²) < 4.78 is 0. The van der Waals surface area contributed by atoms with E-state index in [0.717, 1.165) is 65.8 Å². The predicted octanol–water partition coefficient (Wildman–Crippen LogP) is 5.27. The van der Waals surface area contributed by atoms with E-state index in [-0.39, 0.29) is 11.9 Å². The lowest BCUT2D eigenvalue weighted by atomic mass is 9.91. The Morgan fingerprint density at radius 1 is 1.10 bits per heavy atom. The molecule has 4 aromatic rings. The Morgan fingerprint density at radius 2 is 1.93 bits per heavy atom. The van der Waals surface area contributed by atoms with Gasteiger partial charge in [0.25, 0.3) is 0 Å². The van der Waals surface area contributed by atoms with Crippen molar-refractivity contribution in [1.82, 2.24) is 30.2 Å². The van der Waals surface area contributed by atoms with Gasteiger partial charge in [0.05, 0.1) is 34.5 Å². The molecule has 214 valence electrons. The molecule has 3 aromatic heterocycles. The van der Waals surface area contributed by atoms with Gasteiger partial charge in [0.15, 0.2) is 0 Å². The highest BCUT2D eigenvalue weighted by Crippen LogP contribution is 2.32. The molecule has 2 atom stereocenters. The van der Waals surface area contributed by atoms with Gasteiger partial charge in [-0.05, 0) is 58.0 Å². The maximum atomic E-state index is 12.4. The molecule has 3 heterocycles. The first-order chi connectivity index (χ1) is 19.9. The third kappa shape index (κ3) is 7.30. The van der Waals surface area contributed by atoms with Crippen LogP contribution in [-0.2, 0) is 11.3 Å². The van der Waals surface area contributed by atoms with Crippen LogP contribution in [0.25, 0.3) is 22.2 Å². The van der Waals surface area contributed by atoms with Crippen LogP contribution in [0.2, 0.25) is 5.02 Å². The smallest absolute Gasteiger partial charge is 0.250 e. The Balaban J connectivity index is 1.15. The molecule has 1 aliphatic carbocycles. The molecule has 10 heteroatoms. The zero-order valence-corrected chi connectivity index (χ0v) is 24.5. The third-order valence-corrected chi connectivity index (χ3v) is 7.70. The van der Waals surface area contributed by atoms with Crippen molar-refractivity contribution in [2.75, 3.05) is 37.9 Å². The van der Waals surface area contributed by atoms with Crippen LogP contribution in [0.3, 0.4) is 0 Å². The van der Waals surface area contributed by atoms with Gasteiger partial charge in [-0.15, -0.1) is 0 Å². The largest absolute Gasteiger partial charge is 0.360 e. The number of halogens is 1. The molecular weight excluding hydrogens is 536 g/mol. The Kier molecular flexibility index (Phi) is 9.28. The second-order valence-corrected chi connectivity index (χ2v) is 11.2. The molecule has 1 aromatic carbocycles. The van der Waals surface area contributed by atoms with E-state index < -0.39 is 0 Å². The fraction of sp³-hybridized carbons (Fsp3) is 0.355. The number of nitrogens with one attached hydrogen (secondary N) is 3. The molecule has 0 radical (unpaired) electrons. The van der Waals surface area contributed by atoms with E-state index in [2.05, 4.69) is 31.7 Å². The van der Waals surface area contributed by atoms with Gasteiger partial charge < -0.3 is 25.4 Å². The molecule has 0 spiro atoms. The fourth-order valence-electron chi connectivity index (χ4n) is 5.15. The molecule has 1 fully saturated rings. The standard InChI is InChI=1S/C31H37ClN8O/c1-39(2)15-7-12-29(41)40(3)24-14-13-23(34-18-24)17-33-21-8-6-9-22(16-21)37-31-36-20-27(32)30(38-31)26-19-35-28-11-5-4-10-25(26)28/h4-5,7,10-14,18-22,33,35H,6,8-9,15-17H2,1-3H3,(H,36,37,38)/b12-7+/t21-,22+/m0/s1. The van der Waals surface area contributed by atoms with Crippen LogP contribution >= 0.6 is 11.6 Å². The van der Waals surface area contributed by atoms with E-state index in [1.165, 1.54) is 0 Å². The summed E-state index contributed by atoms with van der Waals surface area (Å²) in [5.41, 5.74) is 4.44. The Labute approximate surface area is 246 Å². The number of aromatic amines is 1. The fourth-order valence-corrected chi connectivity index (χ4v) is 5.35. The third-order valence-electron chi connectivity index (χ3n) is 7.43. The number of pyridine rings is 1. The average Bonchev–Trinajstić information content (AvgIpc) is 3.41. The summed E-state index contributed by atoms with van der Waals surface area (Å²) in [5, 5.41) is 8.81. The first kappa shape index (κ1) is 28.7. The van der Waals surface area contributed by atoms with Gasteiger partial charge >= 0.3 is 0 Å². The number of hydrogen-bond acceptors (Lipinski definition) is 7. The van der Waals surface area contributed by atoms with Crippen LogP contribution in [-0.4, -0.2) is 70.5 Å². The van der Waals surface area contributed by atoms with Crippen LogP contribution in [0, 0.1) is 0 Å². The Morgan fingerprint density at radius 3 is 2.73 bits per heavy atom. The van der Waals surface area contributed by atoms with Crippen molar-refractivity contribution in [1.29, 1.82) is 0 Å². The number of carbonyl (C=O) groups excluding carboxylic acids is 1. The summed E-state index contributed by atoms with van der Waals surface area (Å²) in [7, 11) is 5.70. The molecule has 9 nitrogen and oxygen atoms in total. The summed E-state index contributed by atoms with van der Waals surface area (Å²) in [6.45, 7) is 1.39. The van der Waals surface area contributed by atoms with Crippen LogP contribution in [0.4, 0.5) is 11.6 Å². The van der Waals surface area contributed by atoms with Gasteiger partial charge in [-0.1, -0.05) is 35.9 Å². The second-order valence-electron chi connectivity index (χ2n) is 10.8. The number of fused-ring (bicyclic) bond motifs is 1. The van der Waals surface area contributed by atoms with Crippen molar-refractivity contribution >= 4 is 40.0 Å². The summed E-state index contributed by atoms with van der Waals surface area (Å²) in [4.78, 5) is 33.2. The first-order valence-electron chi connectivity index (χ1n) is 14.0. The number of nitrogens with zero attached hydrogens (tertiary/aromatic N) is 5. The normalized spacial score (nSPS) is 17.4. The number of amides is 1. The van der Waals surface area contributed by atoms with Gasteiger partial charge in [-0.2, -0.15) is 0 Å². The van der Waals surface area contributed by atoms with Crippen molar-refractivity contribution in [2.45, 2.75) is 44.3 Å². The molecule has 1 aliphatic rings. The SMILES string of the molecule is CN(C)C/C=C/C(=O)N(C)c1ccc(CN[C@H]2CCC[C@@H](Nc3ncc(Cl)c(-c4c[nH]c5ccccc45)n3)C2)nc1. The molecule has 1 saturated carbocycles. The molecule has 0 saturated heterocycles. The lowest BCUT2D eigenvalue weighted by Crippen LogP contribution is -2.39. The Hall–Kier alpha value is -3.79. The van der Waals surface area contributed by atoms with Crippen LogP contribution in [0.15, 0.2) is 67.1 Å². The molecule has 0 aliphatic heterocycles. The number of anilines is 2.